The van der Waals surface area contributed by atoms with Crippen LogP contribution in [0.15, 0.2) is 6.07 Å². The maximum Gasteiger partial charge on any atom is 0.252 e. The van der Waals surface area contributed by atoms with Crippen molar-refractivity contribution in [3.05, 3.63) is 22.8 Å². The van der Waals surface area contributed by atoms with Gasteiger partial charge in [0.05, 0.1) is 11.7 Å². The predicted molar refractivity (Wildman–Crippen MR) is 105 cm³/mol. The quantitative estimate of drug-likeness (QED) is 0.638. The lowest BCUT2D eigenvalue weighted by molar-refractivity contribution is -0.233. The number of aliphatic hydroxyl groups is 1. The zero-order valence-corrected chi connectivity index (χ0v) is 17.3. The van der Waals surface area contributed by atoms with Gasteiger partial charge in [0.25, 0.3) is 5.91 Å². The number of fused-ring (bicyclic) bond motifs is 3. The zero-order chi connectivity index (χ0) is 20.1. The van der Waals surface area contributed by atoms with Crippen LogP contribution in [-0.2, 0) is 13.0 Å². The predicted octanol–water partition coefficient (Wildman–Crippen LogP) is 3.54. The molecule has 2 heterocycles. The average Bonchev–Trinajstić information content (AvgIpc) is 3.00. The maximum atomic E-state index is 12.2. The van der Waals surface area contributed by atoms with E-state index in [9.17, 15) is 15.0 Å². The number of aromatic hydroxyl groups is 1. The number of benzene rings is 1. The van der Waals surface area contributed by atoms with Crippen molar-refractivity contribution in [2.45, 2.75) is 78.0 Å². The van der Waals surface area contributed by atoms with Crippen molar-refractivity contribution in [1.82, 2.24) is 5.32 Å². The first-order valence-electron chi connectivity index (χ1n) is 10.6. The fourth-order valence-electron chi connectivity index (χ4n) is 6.95. The number of rotatable bonds is 0. The van der Waals surface area contributed by atoms with Gasteiger partial charge in [-0.15, -0.1) is 0 Å². The molecule has 1 amide bonds. The third-order valence-corrected chi connectivity index (χ3v) is 9.01. The van der Waals surface area contributed by atoms with Crippen LogP contribution in [0.4, 0.5) is 0 Å². The second kappa shape index (κ2) is 5.44. The summed E-state index contributed by atoms with van der Waals surface area (Å²) in [5, 5.41) is 24.4. The number of hydrogen-bond acceptors (Lipinski definition) is 4. The van der Waals surface area contributed by atoms with Gasteiger partial charge in [0.2, 0.25) is 0 Å². The first kappa shape index (κ1) is 18.3. The minimum Gasteiger partial charge on any atom is -0.508 e. The molecule has 2 saturated carbocycles. The minimum atomic E-state index is -0.381. The molecule has 1 aromatic rings. The lowest BCUT2D eigenvalue weighted by Gasteiger charge is -2.67. The summed E-state index contributed by atoms with van der Waals surface area (Å²) in [7, 11) is 0. The van der Waals surface area contributed by atoms with Gasteiger partial charge < -0.3 is 20.3 Å². The van der Waals surface area contributed by atoms with Crippen molar-refractivity contribution in [3.63, 3.8) is 0 Å². The van der Waals surface area contributed by atoms with Gasteiger partial charge in [0.15, 0.2) is 0 Å². The highest BCUT2D eigenvalue weighted by atomic mass is 16.5. The molecule has 1 spiro atoms. The summed E-state index contributed by atoms with van der Waals surface area (Å²) < 4.78 is 6.99. The molecule has 5 heteroatoms. The van der Waals surface area contributed by atoms with Gasteiger partial charge in [-0.3, -0.25) is 4.79 Å². The van der Waals surface area contributed by atoms with Crippen molar-refractivity contribution in [2.75, 3.05) is 0 Å². The third-order valence-electron chi connectivity index (χ3n) is 9.01. The van der Waals surface area contributed by atoms with Gasteiger partial charge in [0, 0.05) is 29.0 Å². The van der Waals surface area contributed by atoms with Crippen molar-refractivity contribution in [3.8, 4) is 11.5 Å². The molecule has 0 saturated heterocycles. The van der Waals surface area contributed by atoms with Crippen molar-refractivity contribution in [1.29, 1.82) is 0 Å². The highest BCUT2D eigenvalue weighted by molar-refractivity contribution is 6.00. The molecular formula is C23H31NO4. The van der Waals surface area contributed by atoms with Crippen LogP contribution in [0.5, 0.6) is 11.5 Å². The van der Waals surface area contributed by atoms with E-state index in [1.807, 2.05) is 0 Å². The average molecular weight is 386 g/mol. The molecule has 0 radical (unpaired) electrons. The highest BCUT2D eigenvalue weighted by Crippen LogP contribution is 2.66. The molecule has 28 heavy (non-hydrogen) atoms. The first-order chi connectivity index (χ1) is 13.1. The normalized spacial score (nSPS) is 40.5. The van der Waals surface area contributed by atoms with Crippen molar-refractivity contribution in [2.24, 2.45) is 22.7 Å². The Bertz CT molecular complexity index is 878. The summed E-state index contributed by atoms with van der Waals surface area (Å²) in [6.07, 6.45) is 4.09. The number of phenols is 1. The Labute approximate surface area is 166 Å². The van der Waals surface area contributed by atoms with Gasteiger partial charge >= 0.3 is 0 Å². The Morgan fingerprint density at radius 3 is 2.68 bits per heavy atom. The lowest BCUT2D eigenvalue weighted by atomic mass is 9.43. The van der Waals surface area contributed by atoms with E-state index in [2.05, 4.69) is 33.0 Å². The fourth-order valence-corrected chi connectivity index (χ4v) is 6.95. The number of carbonyl (C=O) groups excluding carboxylic acids is 1. The van der Waals surface area contributed by atoms with Crippen LogP contribution >= 0.6 is 0 Å². The van der Waals surface area contributed by atoms with E-state index in [0.717, 1.165) is 49.0 Å². The number of nitrogens with one attached hydrogen (secondary N) is 1. The Morgan fingerprint density at radius 1 is 1.18 bits per heavy atom. The molecule has 2 fully saturated rings. The van der Waals surface area contributed by atoms with E-state index >= 15 is 0 Å². The molecule has 2 aliphatic heterocycles. The molecule has 5 atom stereocenters. The summed E-state index contributed by atoms with van der Waals surface area (Å²) in [5.41, 5.74) is 1.53. The Hall–Kier alpha value is -1.75. The second-order valence-electron chi connectivity index (χ2n) is 10.4. The second-order valence-corrected chi connectivity index (χ2v) is 10.4. The number of phenolic OH excluding ortho intramolecular Hbond substituents is 1. The van der Waals surface area contributed by atoms with Crippen LogP contribution in [0, 0.1) is 22.7 Å². The van der Waals surface area contributed by atoms with Gasteiger partial charge in [-0.2, -0.15) is 0 Å². The van der Waals surface area contributed by atoms with Crippen LogP contribution in [0.2, 0.25) is 0 Å². The molecule has 5 nitrogen and oxygen atoms in total. The SMILES string of the molecule is C[C@@H]1CC[C@@H]2C(C)(C)[C@H](O)CC[C@@]23Oc2c(c(O)cc4c2CNC4=O)C[C@@]13C. The van der Waals surface area contributed by atoms with Crippen LogP contribution in [0.1, 0.15) is 74.9 Å². The Morgan fingerprint density at radius 2 is 1.93 bits per heavy atom. The molecule has 5 rings (SSSR count). The zero-order valence-electron chi connectivity index (χ0n) is 17.3. The number of hydrogen-bond donors (Lipinski definition) is 3. The van der Waals surface area contributed by atoms with E-state index in [1.165, 1.54) is 0 Å². The molecule has 4 aliphatic rings. The molecule has 152 valence electrons. The summed E-state index contributed by atoms with van der Waals surface area (Å²) in [6, 6.07) is 1.61. The molecule has 2 aliphatic carbocycles. The van der Waals surface area contributed by atoms with E-state index < -0.39 is 0 Å². The van der Waals surface area contributed by atoms with Gasteiger partial charge in [-0.25, -0.2) is 0 Å². The van der Waals surface area contributed by atoms with Crippen molar-refractivity contribution >= 4 is 5.91 Å². The molecular weight excluding hydrogens is 354 g/mol. The van der Waals surface area contributed by atoms with E-state index in [1.54, 1.807) is 6.07 Å². The molecule has 1 aromatic carbocycles. The largest absolute Gasteiger partial charge is 0.508 e. The van der Waals surface area contributed by atoms with Crippen LogP contribution < -0.4 is 10.1 Å². The molecule has 0 bridgehead atoms. The van der Waals surface area contributed by atoms with E-state index in [4.69, 9.17) is 4.74 Å². The van der Waals surface area contributed by atoms with Gasteiger partial charge in [-0.05, 0) is 49.5 Å². The summed E-state index contributed by atoms with van der Waals surface area (Å²) in [4.78, 5) is 12.2. The molecule has 0 aromatic heterocycles. The Kier molecular flexibility index (Phi) is 3.55. The molecule has 3 N–H and O–H groups in total. The Balaban J connectivity index is 1.73. The summed E-state index contributed by atoms with van der Waals surface area (Å²) in [6.45, 7) is 9.43. The van der Waals surface area contributed by atoms with Crippen LogP contribution in [0.25, 0.3) is 0 Å². The number of carbonyl (C=O) groups is 1. The molecule has 0 unspecified atom stereocenters. The topological polar surface area (TPSA) is 78.8 Å². The first-order valence-corrected chi connectivity index (χ1v) is 10.6. The smallest absolute Gasteiger partial charge is 0.252 e. The van der Waals surface area contributed by atoms with Crippen LogP contribution in [0.3, 0.4) is 0 Å². The number of aliphatic hydroxyl groups excluding tert-OH is 1. The van der Waals surface area contributed by atoms with Gasteiger partial charge in [0.1, 0.15) is 17.1 Å². The minimum absolute atomic E-state index is 0.123. The highest BCUT2D eigenvalue weighted by Gasteiger charge is 2.67. The van der Waals surface area contributed by atoms with Crippen molar-refractivity contribution < 1.29 is 19.7 Å². The summed E-state index contributed by atoms with van der Waals surface area (Å²) >= 11 is 0. The monoisotopic (exact) mass is 385 g/mol. The number of ether oxygens (including phenoxy) is 1. The fraction of sp³-hybridized carbons (Fsp3) is 0.696. The summed E-state index contributed by atoms with van der Waals surface area (Å²) in [5.74, 6) is 1.44. The standard InChI is InChI=1S/C23H31NO4/c1-12-5-6-17-21(2,3)18(26)7-8-23(17)22(12,4)10-14-16(25)9-13-15(19(14)28-23)11-24-20(13)27/h9,12,17-18,25-26H,5-8,10-11H2,1-4H3,(H,24,27)/t12-,17-,18-,22+,23-/m1/s1. The lowest BCUT2D eigenvalue weighted by Crippen LogP contribution is -2.70. The number of amides is 1. The third kappa shape index (κ3) is 1.99. The van der Waals surface area contributed by atoms with Gasteiger partial charge in [-0.1, -0.05) is 27.7 Å². The van der Waals surface area contributed by atoms with E-state index in [-0.39, 0.29) is 40.1 Å². The van der Waals surface area contributed by atoms with E-state index in [0.29, 0.717) is 18.0 Å². The van der Waals surface area contributed by atoms with Crippen LogP contribution in [-0.4, -0.2) is 27.8 Å². The maximum absolute atomic E-state index is 12.2.